The normalized spacial score (nSPS) is 13.6. The van der Waals surface area contributed by atoms with Crippen molar-refractivity contribution in [3.8, 4) is 0 Å². The summed E-state index contributed by atoms with van der Waals surface area (Å²) in [5.74, 6) is 0. The first-order chi connectivity index (χ1) is 4.83. The fourth-order valence-electron chi connectivity index (χ4n) is 1.20. The molecule has 0 unspecified atom stereocenters. The molecule has 11 heavy (non-hydrogen) atoms. The lowest BCUT2D eigenvalue weighted by atomic mass is 11.2. The Balaban J connectivity index is 4.53. The number of halogens is 1. The Hall–Kier alpha value is 0.0269. The Morgan fingerprint density at radius 2 is 0.909 bits per heavy atom. The third kappa shape index (κ3) is 1.99. The van der Waals surface area contributed by atoms with Gasteiger partial charge in [0.15, 0.2) is 0 Å². The van der Waals surface area contributed by atoms with E-state index in [9.17, 15) is 4.11 Å². The van der Waals surface area contributed by atoms with Crippen LogP contribution < -0.4 is 0 Å². The summed E-state index contributed by atoms with van der Waals surface area (Å²) in [6.45, 7) is 0. The van der Waals surface area contributed by atoms with E-state index in [0.29, 0.717) is 0 Å². The summed E-state index contributed by atoms with van der Waals surface area (Å²) in [5, 5.41) is 0. The second-order valence-corrected chi connectivity index (χ2v) is 7.03. The van der Waals surface area contributed by atoms with Gasteiger partial charge in [-0.05, 0) is 42.3 Å². The van der Waals surface area contributed by atoms with Crippen LogP contribution >= 0.6 is 0 Å². The van der Waals surface area contributed by atoms with Crippen LogP contribution in [0.3, 0.4) is 0 Å². The topological polar surface area (TPSA) is 9.72 Å². The average Bonchev–Trinajstić information content (AvgIpc) is 1.84. The molecule has 0 atom stereocenters. The Kier molecular flexibility index (Phi) is 3.63. The van der Waals surface area contributed by atoms with Gasteiger partial charge in [-0.3, -0.25) is 17.8 Å². The lowest BCUT2D eigenvalue weighted by molar-refractivity contribution is 0.308. The molecule has 0 spiro atoms. The third-order valence-electron chi connectivity index (χ3n) is 1.71. The van der Waals surface area contributed by atoms with Crippen LogP contribution in [0, 0.1) is 0 Å². The number of rotatable bonds is 3. The van der Waals surface area contributed by atoms with Gasteiger partial charge in [-0.15, -0.1) is 0 Å². The highest BCUT2D eigenvalue weighted by atomic mass is 28.4. The second kappa shape index (κ2) is 3.62. The summed E-state index contributed by atoms with van der Waals surface area (Å²) in [5.41, 5.74) is 0. The van der Waals surface area contributed by atoms with E-state index in [1.165, 1.54) is 0 Å². The summed E-state index contributed by atoms with van der Waals surface area (Å²) < 4.78 is 19.1. The molecule has 0 aliphatic heterocycles. The monoisotopic (exact) mass is 179 g/mol. The summed E-state index contributed by atoms with van der Waals surface area (Å²) >= 11 is 0. The van der Waals surface area contributed by atoms with Crippen LogP contribution in [0.25, 0.3) is 0 Å². The molecule has 0 radical (unpaired) electrons. The second-order valence-electron chi connectivity index (χ2n) is 3.24. The van der Waals surface area contributed by atoms with Gasteiger partial charge >= 0.3 is 8.89 Å². The molecule has 0 aliphatic carbocycles. The first kappa shape index (κ1) is 11.0. The van der Waals surface area contributed by atoms with Gasteiger partial charge in [0.05, 0.1) is 0 Å². The molecule has 0 amide bonds. The van der Waals surface area contributed by atoms with E-state index in [-0.39, 0.29) is 0 Å². The van der Waals surface area contributed by atoms with E-state index >= 15 is 0 Å². The minimum absolute atomic E-state index is 1.66. The summed E-state index contributed by atoms with van der Waals surface area (Å²) in [7, 11) is 7.64. The van der Waals surface area contributed by atoms with Gasteiger partial charge in [0.25, 0.3) is 0 Å². The third-order valence-corrected chi connectivity index (χ3v) is 5.12. The lowest BCUT2D eigenvalue weighted by Crippen LogP contribution is -2.66. The molecule has 0 saturated heterocycles. The van der Waals surface area contributed by atoms with E-state index in [1.807, 2.05) is 0 Å². The van der Waals surface area contributed by atoms with Crippen molar-refractivity contribution in [1.29, 1.82) is 0 Å². The zero-order valence-corrected chi connectivity index (χ0v) is 9.22. The van der Waals surface area contributed by atoms with Gasteiger partial charge < -0.3 is 0 Å². The van der Waals surface area contributed by atoms with Gasteiger partial charge in [-0.25, -0.2) is 0 Å². The quantitative estimate of drug-likeness (QED) is 0.449. The smallest absolute Gasteiger partial charge is 0.279 e. The van der Waals surface area contributed by atoms with E-state index < -0.39 is 8.89 Å². The molecular weight excluding hydrogens is 161 g/mol. The zero-order valence-electron chi connectivity index (χ0n) is 8.22. The molecule has 0 aromatic heterocycles. The minimum Gasteiger partial charge on any atom is -0.279 e. The van der Waals surface area contributed by atoms with Crippen LogP contribution in [0.4, 0.5) is 4.11 Å². The Labute approximate surface area is 69.8 Å². The van der Waals surface area contributed by atoms with Crippen molar-refractivity contribution in [1.82, 2.24) is 13.7 Å². The van der Waals surface area contributed by atoms with Gasteiger partial charge in [0, 0.05) is 0 Å². The molecule has 0 aliphatic rings. The predicted molar refractivity (Wildman–Crippen MR) is 47.9 cm³/mol. The summed E-state index contributed by atoms with van der Waals surface area (Å²) in [4.78, 5) is 0. The number of hydrogen-bond acceptors (Lipinski definition) is 3. The van der Waals surface area contributed by atoms with E-state index in [4.69, 9.17) is 0 Å². The van der Waals surface area contributed by atoms with Gasteiger partial charge in [0.1, 0.15) is 0 Å². The Morgan fingerprint density at radius 1 is 0.727 bits per heavy atom. The van der Waals surface area contributed by atoms with Crippen LogP contribution in [0.5, 0.6) is 0 Å². The number of nitrogens with zero attached hydrogens (tertiary/aromatic N) is 3. The van der Waals surface area contributed by atoms with E-state index in [2.05, 4.69) is 0 Å². The highest BCUT2D eigenvalue weighted by Crippen LogP contribution is 2.12. The molecular formula is C6H18FN3Si. The molecule has 0 heterocycles. The zero-order chi connectivity index (χ0) is 9.23. The highest BCUT2D eigenvalue weighted by molar-refractivity contribution is 6.64. The molecule has 0 N–H and O–H groups in total. The Morgan fingerprint density at radius 3 is 0.909 bits per heavy atom. The van der Waals surface area contributed by atoms with Crippen molar-refractivity contribution in [2.24, 2.45) is 0 Å². The average molecular weight is 179 g/mol. The van der Waals surface area contributed by atoms with Crippen molar-refractivity contribution < 1.29 is 4.11 Å². The van der Waals surface area contributed by atoms with Crippen molar-refractivity contribution >= 4 is 8.89 Å². The van der Waals surface area contributed by atoms with Crippen LogP contribution in [0.1, 0.15) is 0 Å². The fourth-order valence-corrected chi connectivity index (χ4v) is 3.60. The molecule has 0 bridgehead atoms. The predicted octanol–water partition coefficient (Wildman–Crippen LogP) is 0.0763. The van der Waals surface area contributed by atoms with Gasteiger partial charge in [-0.2, -0.15) is 0 Å². The maximum Gasteiger partial charge on any atom is 0.487 e. The van der Waals surface area contributed by atoms with Crippen molar-refractivity contribution in [3.05, 3.63) is 0 Å². The maximum atomic E-state index is 14.1. The van der Waals surface area contributed by atoms with Gasteiger partial charge in [0.2, 0.25) is 0 Å². The lowest BCUT2D eigenvalue weighted by Gasteiger charge is -2.38. The summed E-state index contributed by atoms with van der Waals surface area (Å²) in [6, 6.07) is 0. The van der Waals surface area contributed by atoms with E-state index in [1.54, 1.807) is 56.0 Å². The SMILES string of the molecule is CN(C)[Si](F)(N(C)C)N(C)C. The van der Waals surface area contributed by atoms with Crippen molar-refractivity contribution in [2.75, 3.05) is 42.3 Å². The minimum atomic E-state index is -2.98. The molecule has 0 saturated carbocycles. The van der Waals surface area contributed by atoms with Crippen LogP contribution in [-0.2, 0) is 0 Å². The standard InChI is InChI=1S/C6H18FN3Si/c1-8(2)11(7,9(3)4)10(5)6/h1-6H3. The molecule has 3 nitrogen and oxygen atoms in total. The molecule has 0 aromatic carbocycles. The first-order valence-corrected chi connectivity index (χ1v) is 5.26. The maximum absolute atomic E-state index is 14.1. The van der Waals surface area contributed by atoms with Crippen LogP contribution in [0.2, 0.25) is 0 Å². The molecule has 0 aromatic rings. The molecule has 0 fully saturated rings. The van der Waals surface area contributed by atoms with Crippen LogP contribution in [-0.4, -0.2) is 64.9 Å². The molecule has 0 rings (SSSR count). The van der Waals surface area contributed by atoms with Gasteiger partial charge in [-0.1, -0.05) is 0 Å². The largest absolute Gasteiger partial charge is 0.487 e. The summed E-state index contributed by atoms with van der Waals surface area (Å²) in [6.07, 6.45) is 0. The molecule has 5 heteroatoms. The fraction of sp³-hybridized carbons (Fsp3) is 1.00. The van der Waals surface area contributed by atoms with Crippen molar-refractivity contribution in [3.63, 3.8) is 0 Å². The van der Waals surface area contributed by atoms with Crippen LogP contribution in [0.15, 0.2) is 0 Å². The van der Waals surface area contributed by atoms with Crippen molar-refractivity contribution in [2.45, 2.75) is 0 Å². The molecule has 68 valence electrons. The van der Waals surface area contributed by atoms with E-state index in [0.717, 1.165) is 0 Å². The first-order valence-electron chi connectivity index (χ1n) is 3.54. The Bertz CT molecular complexity index is 105. The highest BCUT2D eigenvalue weighted by Gasteiger charge is 2.44. The number of hydrogen-bond donors (Lipinski definition) is 0.